The molecule has 0 spiro atoms. The first-order chi connectivity index (χ1) is 12.5. The van der Waals surface area contributed by atoms with Crippen molar-refractivity contribution in [2.45, 2.75) is 29.7 Å². The fourth-order valence-electron chi connectivity index (χ4n) is 2.94. The molecule has 0 radical (unpaired) electrons. The maximum Gasteiger partial charge on any atom is 0.238 e. The first-order valence-corrected chi connectivity index (χ1v) is 9.60. The Kier molecular flexibility index (Phi) is 5.96. The van der Waals surface area contributed by atoms with Crippen LogP contribution in [0.5, 0.6) is 0 Å². The highest BCUT2D eigenvalue weighted by Gasteiger charge is 2.28. The maximum absolute atomic E-state index is 12.4. The standard InChI is InChI=1S/C20H23N3O2S/c1-23(2)13-15-8-4-3-7-14(15)12-21-19(24)11-18-20(25)22-16-9-5-6-10-17(16)26-18/h3-10,18H,11-13H2,1-2H3,(H,21,24)(H,22,25)/p+1/t18-/m1/s1. The number of carbonyl (C=O) groups excluding carboxylic acids is 2. The third-order valence-electron chi connectivity index (χ3n) is 4.22. The molecule has 0 fully saturated rings. The van der Waals surface area contributed by atoms with Crippen LogP contribution >= 0.6 is 11.8 Å². The molecule has 5 nitrogen and oxygen atoms in total. The molecule has 3 N–H and O–H groups in total. The summed E-state index contributed by atoms with van der Waals surface area (Å²) in [4.78, 5) is 26.9. The molecule has 1 heterocycles. The van der Waals surface area contributed by atoms with E-state index in [1.807, 2.05) is 42.5 Å². The molecule has 0 aromatic heterocycles. The van der Waals surface area contributed by atoms with Gasteiger partial charge in [-0.1, -0.05) is 36.4 Å². The van der Waals surface area contributed by atoms with E-state index in [-0.39, 0.29) is 18.2 Å². The van der Waals surface area contributed by atoms with Crippen LogP contribution in [0, 0.1) is 0 Å². The molecule has 0 unspecified atom stereocenters. The van der Waals surface area contributed by atoms with Crippen molar-refractivity contribution in [3.05, 3.63) is 59.7 Å². The van der Waals surface area contributed by atoms with Crippen LogP contribution in [-0.2, 0) is 22.7 Å². The predicted octanol–water partition coefficient (Wildman–Crippen LogP) is 1.45. The largest absolute Gasteiger partial charge is 0.352 e. The van der Waals surface area contributed by atoms with E-state index in [2.05, 4.69) is 30.8 Å². The third kappa shape index (κ3) is 4.65. The number of para-hydroxylation sites is 1. The van der Waals surface area contributed by atoms with Gasteiger partial charge in [0.25, 0.3) is 0 Å². The van der Waals surface area contributed by atoms with Crippen LogP contribution < -0.4 is 15.5 Å². The second kappa shape index (κ2) is 8.38. The quantitative estimate of drug-likeness (QED) is 0.721. The molecule has 136 valence electrons. The van der Waals surface area contributed by atoms with Crippen LogP contribution in [0.15, 0.2) is 53.4 Å². The number of rotatable bonds is 6. The summed E-state index contributed by atoms with van der Waals surface area (Å²) < 4.78 is 0. The fourth-order valence-corrected chi connectivity index (χ4v) is 4.06. The van der Waals surface area contributed by atoms with E-state index in [1.54, 1.807) is 0 Å². The molecule has 26 heavy (non-hydrogen) atoms. The van der Waals surface area contributed by atoms with Gasteiger partial charge in [-0.05, 0) is 17.7 Å². The van der Waals surface area contributed by atoms with Crippen LogP contribution in [0.25, 0.3) is 0 Å². The second-order valence-electron chi connectivity index (χ2n) is 6.73. The first-order valence-electron chi connectivity index (χ1n) is 8.72. The average Bonchev–Trinajstić information content (AvgIpc) is 2.61. The third-order valence-corrected chi connectivity index (χ3v) is 5.49. The molecule has 0 saturated heterocycles. The summed E-state index contributed by atoms with van der Waals surface area (Å²) >= 11 is 1.45. The number of thioether (sulfide) groups is 1. The summed E-state index contributed by atoms with van der Waals surface area (Å²) in [5.41, 5.74) is 3.17. The lowest BCUT2D eigenvalue weighted by atomic mass is 10.1. The van der Waals surface area contributed by atoms with Crippen molar-refractivity contribution in [2.24, 2.45) is 0 Å². The summed E-state index contributed by atoms with van der Waals surface area (Å²) in [5.74, 6) is -0.218. The number of fused-ring (bicyclic) bond motifs is 1. The molecule has 1 aliphatic rings. The molecule has 0 saturated carbocycles. The minimum Gasteiger partial charge on any atom is -0.352 e. The fraction of sp³-hybridized carbons (Fsp3) is 0.300. The zero-order valence-corrected chi connectivity index (χ0v) is 15.9. The lowest BCUT2D eigenvalue weighted by molar-refractivity contribution is -0.872. The normalized spacial score (nSPS) is 16.1. The molecule has 2 amide bonds. The maximum atomic E-state index is 12.4. The van der Waals surface area contributed by atoms with Crippen molar-refractivity contribution in [3.63, 3.8) is 0 Å². The minimum absolute atomic E-state index is 0.107. The molecule has 3 rings (SSSR count). The number of quaternary nitrogens is 1. The lowest BCUT2D eigenvalue weighted by Crippen LogP contribution is -3.04. The van der Waals surface area contributed by atoms with Crippen molar-refractivity contribution in [2.75, 3.05) is 19.4 Å². The Morgan fingerprint density at radius 1 is 1.12 bits per heavy atom. The van der Waals surface area contributed by atoms with Gasteiger partial charge in [-0.2, -0.15) is 0 Å². The van der Waals surface area contributed by atoms with Gasteiger partial charge in [-0.25, -0.2) is 0 Å². The predicted molar refractivity (Wildman–Crippen MR) is 104 cm³/mol. The van der Waals surface area contributed by atoms with E-state index in [0.29, 0.717) is 6.54 Å². The monoisotopic (exact) mass is 370 g/mol. The van der Waals surface area contributed by atoms with Gasteiger partial charge in [0.1, 0.15) is 6.54 Å². The van der Waals surface area contributed by atoms with E-state index in [4.69, 9.17) is 0 Å². The van der Waals surface area contributed by atoms with E-state index < -0.39 is 5.25 Å². The zero-order chi connectivity index (χ0) is 18.5. The van der Waals surface area contributed by atoms with Crippen LogP contribution in [-0.4, -0.2) is 31.2 Å². The minimum atomic E-state index is -0.397. The molecule has 2 aromatic rings. The molecule has 1 atom stereocenters. The SMILES string of the molecule is C[NH+](C)Cc1ccccc1CNC(=O)C[C@H]1Sc2ccccc2NC1=O. The van der Waals surface area contributed by atoms with Crippen molar-refractivity contribution in [3.8, 4) is 0 Å². The molecular weight excluding hydrogens is 346 g/mol. The van der Waals surface area contributed by atoms with Crippen molar-refractivity contribution >= 4 is 29.3 Å². The number of benzene rings is 2. The number of amides is 2. The Morgan fingerprint density at radius 3 is 2.58 bits per heavy atom. The molecule has 1 aliphatic heterocycles. The van der Waals surface area contributed by atoms with Gasteiger partial charge >= 0.3 is 0 Å². The Morgan fingerprint density at radius 2 is 1.81 bits per heavy atom. The lowest BCUT2D eigenvalue weighted by Gasteiger charge is -2.23. The highest BCUT2D eigenvalue weighted by molar-refractivity contribution is 8.01. The van der Waals surface area contributed by atoms with Gasteiger partial charge in [0, 0.05) is 23.4 Å². The van der Waals surface area contributed by atoms with E-state index in [9.17, 15) is 9.59 Å². The number of hydrogen-bond donors (Lipinski definition) is 3. The van der Waals surface area contributed by atoms with Crippen molar-refractivity contribution < 1.29 is 14.5 Å². The second-order valence-corrected chi connectivity index (χ2v) is 7.97. The van der Waals surface area contributed by atoms with Crippen molar-refractivity contribution in [1.29, 1.82) is 0 Å². The Labute approximate surface area is 158 Å². The van der Waals surface area contributed by atoms with Gasteiger partial charge in [-0.3, -0.25) is 9.59 Å². The highest BCUT2D eigenvalue weighted by Crippen LogP contribution is 2.36. The van der Waals surface area contributed by atoms with E-state index in [1.165, 1.54) is 22.2 Å². The van der Waals surface area contributed by atoms with Crippen molar-refractivity contribution in [1.82, 2.24) is 5.32 Å². The zero-order valence-electron chi connectivity index (χ0n) is 15.0. The van der Waals surface area contributed by atoms with Gasteiger partial charge in [-0.15, -0.1) is 11.8 Å². The smallest absolute Gasteiger partial charge is 0.238 e. The van der Waals surface area contributed by atoms with Crippen LogP contribution in [0.3, 0.4) is 0 Å². The molecule has 0 bridgehead atoms. The van der Waals surface area contributed by atoms with Gasteiger partial charge in [0.05, 0.1) is 25.0 Å². The highest BCUT2D eigenvalue weighted by atomic mass is 32.2. The average molecular weight is 370 g/mol. The number of anilines is 1. The Bertz CT molecular complexity index is 807. The summed E-state index contributed by atoms with van der Waals surface area (Å²) in [6, 6.07) is 15.8. The van der Waals surface area contributed by atoms with Gasteiger partial charge in [0.15, 0.2) is 0 Å². The number of hydrogen-bond acceptors (Lipinski definition) is 3. The van der Waals surface area contributed by atoms with E-state index >= 15 is 0 Å². The Hall–Kier alpha value is -2.31. The van der Waals surface area contributed by atoms with Crippen LogP contribution in [0.4, 0.5) is 5.69 Å². The first kappa shape index (κ1) is 18.5. The number of nitrogens with one attached hydrogen (secondary N) is 3. The van der Waals surface area contributed by atoms with E-state index in [0.717, 1.165) is 22.7 Å². The van der Waals surface area contributed by atoms with Crippen LogP contribution in [0.2, 0.25) is 0 Å². The molecule has 6 heteroatoms. The number of carbonyl (C=O) groups is 2. The van der Waals surface area contributed by atoms with Gasteiger partial charge in [0.2, 0.25) is 11.8 Å². The molecular formula is C20H24N3O2S+. The van der Waals surface area contributed by atoms with Gasteiger partial charge < -0.3 is 15.5 Å². The Balaban J connectivity index is 1.58. The van der Waals surface area contributed by atoms with Crippen LogP contribution in [0.1, 0.15) is 17.5 Å². The topological polar surface area (TPSA) is 62.6 Å². The molecule has 2 aromatic carbocycles. The summed E-state index contributed by atoms with van der Waals surface area (Å²) in [7, 11) is 4.21. The summed E-state index contributed by atoms with van der Waals surface area (Å²) in [6.07, 6.45) is 0.173. The molecule has 0 aliphatic carbocycles. The summed E-state index contributed by atoms with van der Waals surface area (Å²) in [5, 5.41) is 5.44. The summed E-state index contributed by atoms with van der Waals surface area (Å²) in [6.45, 7) is 1.39.